The molecule has 0 aromatic heterocycles. The standard InChI is InChI=1S/C21H26ClN5O7S2/c1-12(19(28)27-8-4-6-16(27)21(31)32)26-14(20(29)30)5-2-3-7-25-36(33,34)18-10-17-15(9-13(18)22)23-11-24-35-17/h9-10,12,14,16,23-26H,4-8,11H2,1H3,(H,29,30)(H,31,32)/t12-,14?,16-/m0/s1. The molecule has 0 aliphatic carbocycles. The Bertz CT molecular complexity index is 1200. The summed E-state index contributed by atoms with van der Waals surface area (Å²) in [6.07, 6.45) is 0.702. The van der Waals surface area contributed by atoms with Gasteiger partial charge >= 0.3 is 11.9 Å². The van der Waals surface area contributed by atoms with Crippen molar-refractivity contribution < 1.29 is 33.0 Å². The van der Waals surface area contributed by atoms with Crippen LogP contribution in [0.4, 0.5) is 5.69 Å². The third kappa shape index (κ3) is 6.81. The first kappa shape index (κ1) is 28.0. The fourth-order valence-corrected chi connectivity index (χ4v) is 6.05. The van der Waals surface area contributed by atoms with Crippen molar-refractivity contribution in [2.45, 2.75) is 54.1 Å². The maximum Gasteiger partial charge on any atom is 0.326 e. The lowest BCUT2D eigenvalue weighted by Crippen LogP contribution is -2.52. The largest absolute Gasteiger partial charge is 0.480 e. The Hall–Kier alpha value is -2.54. The van der Waals surface area contributed by atoms with Gasteiger partial charge in [0.1, 0.15) is 17.0 Å². The van der Waals surface area contributed by atoms with E-state index in [1.54, 1.807) is 0 Å². The minimum absolute atomic E-state index is 0.0427. The number of nitrogens with one attached hydrogen (secondary N) is 4. The summed E-state index contributed by atoms with van der Waals surface area (Å²) in [5, 5.41) is 24.5. The zero-order valence-corrected chi connectivity index (χ0v) is 21.6. The van der Waals surface area contributed by atoms with E-state index in [2.05, 4.69) is 31.9 Å². The van der Waals surface area contributed by atoms with Crippen LogP contribution in [0.1, 0.15) is 26.2 Å². The third-order valence-electron chi connectivity index (χ3n) is 5.58. The molecule has 1 saturated heterocycles. The Kier molecular flexibility index (Phi) is 9.45. The van der Waals surface area contributed by atoms with Gasteiger partial charge in [0.15, 0.2) is 0 Å². The number of carboxylic acids is 2. The summed E-state index contributed by atoms with van der Waals surface area (Å²) in [4.78, 5) is 37.4. The highest BCUT2D eigenvalue weighted by atomic mass is 35.5. The van der Waals surface area contributed by atoms with E-state index in [-0.39, 0.29) is 22.9 Å². The van der Waals surface area contributed by atoms with Crippen LogP contribution in [-0.4, -0.2) is 79.3 Å². The molecule has 0 saturated carbocycles. The van der Waals surface area contributed by atoms with E-state index in [4.69, 9.17) is 11.6 Å². The first-order valence-electron chi connectivity index (χ1n) is 11.0. The highest BCUT2D eigenvalue weighted by Gasteiger charge is 2.36. The number of aliphatic carboxylic acids is 2. The van der Waals surface area contributed by atoms with Crippen molar-refractivity contribution in [3.63, 3.8) is 0 Å². The van der Waals surface area contributed by atoms with E-state index in [9.17, 15) is 33.0 Å². The number of sulfonamides is 1. The lowest BCUT2D eigenvalue weighted by atomic mass is 10.1. The second kappa shape index (κ2) is 12.1. The average molecular weight is 560 g/mol. The van der Waals surface area contributed by atoms with Crippen molar-refractivity contribution in [2.75, 3.05) is 25.1 Å². The molecule has 1 unspecified atom stereocenters. The maximum absolute atomic E-state index is 12.7. The molecule has 15 heteroatoms. The van der Waals surface area contributed by atoms with Crippen LogP contribution in [0.25, 0.3) is 0 Å². The van der Waals surface area contributed by atoms with Gasteiger partial charge in [0.2, 0.25) is 15.9 Å². The molecule has 0 spiro atoms. The molecule has 3 atom stereocenters. The predicted molar refractivity (Wildman–Crippen MR) is 133 cm³/mol. The van der Waals surface area contributed by atoms with E-state index in [0.29, 0.717) is 36.6 Å². The van der Waals surface area contributed by atoms with Crippen LogP contribution in [0.3, 0.4) is 0 Å². The van der Waals surface area contributed by atoms with E-state index >= 15 is 0 Å². The van der Waals surface area contributed by atoms with Crippen LogP contribution in [0.5, 0.6) is 0 Å². The number of benzene rings is 1. The number of anilines is 1. The molecule has 1 aromatic rings. The molecule has 3 rings (SSSR count). The Morgan fingerprint density at radius 2 is 2.06 bits per heavy atom. The van der Waals surface area contributed by atoms with Crippen LogP contribution in [-0.2, 0) is 24.4 Å². The van der Waals surface area contributed by atoms with Gasteiger partial charge in [-0.25, -0.2) is 17.9 Å². The van der Waals surface area contributed by atoms with Gasteiger partial charge in [-0.1, -0.05) is 23.4 Å². The van der Waals surface area contributed by atoms with Gasteiger partial charge in [0, 0.05) is 17.9 Å². The average Bonchev–Trinajstić information content (AvgIpc) is 3.32. The number of hydrogen-bond acceptors (Lipinski definition) is 9. The number of nitrogens with zero attached hydrogens (tertiary/aromatic N) is 1. The quantitative estimate of drug-likeness (QED) is 0.183. The number of rotatable bonds is 9. The van der Waals surface area contributed by atoms with Crippen molar-refractivity contribution in [2.24, 2.45) is 0 Å². The van der Waals surface area contributed by atoms with Crippen LogP contribution >= 0.6 is 23.5 Å². The highest BCUT2D eigenvalue weighted by molar-refractivity contribution is 7.97. The van der Waals surface area contributed by atoms with E-state index < -0.39 is 46.0 Å². The fourth-order valence-electron chi connectivity index (χ4n) is 3.78. The molecule has 2 aliphatic rings. The molecule has 196 valence electrons. The second-order valence-corrected chi connectivity index (χ2v) is 11.1. The summed E-state index contributed by atoms with van der Waals surface area (Å²) in [6, 6.07) is -0.120. The molecule has 1 fully saturated rings. The van der Waals surface area contributed by atoms with Crippen LogP contribution in [0, 0.1) is 11.8 Å². The Morgan fingerprint density at radius 3 is 2.75 bits per heavy atom. The molecule has 2 heterocycles. The van der Waals surface area contributed by atoms with Gasteiger partial charge in [-0.3, -0.25) is 14.9 Å². The van der Waals surface area contributed by atoms with Crippen LogP contribution in [0.15, 0.2) is 21.9 Å². The smallest absolute Gasteiger partial charge is 0.326 e. The lowest BCUT2D eigenvalue weighted by molar-refractivity contribution is -0.149. The monoisotopic (exact) mass is 559 g/mol. The summed E-state index contributed by atoms with van der Waals surface area (Å²) in [6.45, 7) is 1.98. The molecule has 0 radical (unpaired) electrons. The first-order chi connectivity index (χ1) is 17.0. The van der Waals surface area contributed by atoms with Gasteiger partial charge in [0.05, 0.1) is 30.0 Å². The minimum Gasteiger partial charge on any atom is -0.480 e. The highest BCUT2D eigenvalue weighted by Crippen LogP contribution is 2.35. The predicted octanol–water partition coefficient (Wildman–Crippen LogP) is 0.498. The van der Waals surface area contributed by atoms with Gasteiger partial charge in [-0.2, -0.15) is 4.72 Å². The fraction of sp³-hybridized carbons (Fsp3) is 0.476. The zero-order chi connectivity index (χ0) is 26.5. The number of likely N-dealkylation sites (tertiary alicyclic amines) is 1. The molecule has 12 nitrogen and oxygen atoms in total. The van der Waals surface area contributed by atoms with Gasteiger partial charge in [-0.05, 0) is 43.8 Å². The normalized spacial score (nSPS) is 18.8. The summed E-state index contributed by atoms with van der Waals surface area (Å²) >= 11 is 7.42. The van der Waals surface area contributed by atoms with Gasteiger partial charge in [-0.15, -0.1) is 0 Å². The van der Waals surface area contributed by atoms with Crippen molar-refractivity contribution in [1.82, 2.24) is 19.7 Å². The van der Waals surface area contributed by atoms with Crippen LogP contribution < -0.4 is 20.1 Å². The van der Waals surface area contributed by atoms with Gasteiger partial charge < -0.3 is 20.4 Å². The van der Waals surface area contributed by atoms with Crippen molar-refractivity contribution in [3.8, 4) is 11.8 Å². The number of carboxylic acid groups (broad SMARTS) is 2. The van der Waals surface area contributed by atoms with Crippen molar-refractivity contribution in [1.29, 1.82) is 0 Å². The van der Waals surface area contributed by atoms with Gasteiger partial charge in [0.25, 0.3) is 0 Å². The molecule has 1 aromatic carbocycles. The SMILES string of the molecule is C[C@H](NC(CC#CCNS(=O)(=O)c1cc2c(cc1Cl)NCNS2)C(=O)O)C(=O)N1CCC[C@H]1C(=O)O. The number of carbonyl (C=O) groups is 3. The Balaban J connectivity index is 1.57. The van der Waals surface area contributed by atoms with Crippen molar-refractivity contribution in [3.05, 3.63) is 17.2 Å². The Labute approximate surface area is 217 Å². The first-order valence-corrected chi connectivity index (χ1v) is 13.6. The maximum atomic E-state index is 12.7. The summed E-state index contributed by atoms with van der Waals surface area (Å²) in [7, 11) is -3.98. The lowest BCUT2D eigenvalue weighted by Gasteiger charge is -2.26. The second-order valence-electron chi connectivity index (χ2n) is 8.07. The number of carbonyl (C=O) groups excluding carboxylic acids is 1. The Morgan fingerprint density at radius 1 is 1.31 bits per heavy atom. The summed E-state index contributed by atoms with van der Waals surface area (Å²) < 4.78 is 30.6. The molecule has 36 heavy (non-hydrogen) atoms. The molecule has 0 bridgehead atoms. The zero-order valence-electron chi connectivity index (χ0n) is 19.2. The van der Waals surface area contributed by atoms with Crippen molar-refractivity contribution >= 4 is 57.1 Å². The molecular formula is C21H26ClN5O7S2. The van der Waals surface area contributed by atoms with E-state index in [1.807, 2.05) is 0 Å². The van der Waals surface area contributed by atoms with E-state index in [0.717, 1.165) is 0 Å². The number of fused-ring (bicyclic) bond motifs is 1. The number of halogens is 1. The summed E-state index contributed by atoms with van der Waals surface area (Å²) in [5.41, 5.74) is 0.714. The van der Waals surface area contributed by atoms with E-state index in [1.165, 1.54) is 35.9 Å². The number of amides is 1. The summed E-state index contributed by atoms with van der Waals surface area (Å²) in [5.74, 6) is 2.32. The topological polar surface area (TPSA) is 177 Å². The van der Waals surface area contributed by atoms with Crippen LogP contribution in [0.2, 0.25) is 5.02 Å². The minimum atomic E-state index is -3.98. The molecule has 6 N–H and O–H groups in total. The molecular weight excluding hydrogens is 534 g/mol. The third-order valence-corrected chi connectivity index (χ3v) is 8.29. The number of hydrogen-bond donors (Lipinski definition) is 6. The molecule has 2 aliphatic heterocycles. The molecule has 1 amide bonds.